The number of hydrogen-bond donors (Lipinski definition) is 0. The smallest absolute Gasteiger partial charge is 0.253 e. The molecule has 0 spiro atoms. The van der Waals surface area contributed by atoms with Crippen molar-refractivity contribution in [2.45, 2.75) is 12.8 Å². The number of thioether (sulfide) groups is 1. The Kier molecular flexibility index (Phi) is 4.49. The highest BCUT2D eigenvalue weighted by molar-refractivity contribution is 7.99. The van der Waals surface area contributed by atoms with Crippen LogP contribution in [0.2, 0.25) is 0 Å². The lowest BCUT2D eigenvalue weighted by molar-refractivity contribution is 0.0772. The maximum atomic E-state index is 12.2. The molecular formula is C14H18NOS. The van der Waals surface area contributed by atoms with E-state index in [2.05, 4.69) is 6.92 Å². The number of rotatable bonds is 3. The Morgan fingerprint density at radius 3 is 2.47 bits per heavy atom. The minimum Gasteiger partial charge on any atom is -0.337 e. The molecule has 0 aliphatic carbocycles. The SMILES string of the molecule is [CH2]CCc1ccc(C(=O)N2CCSCC2)cc1. The molecule has 17 heavy (non-hydrogen) atoms. The van der Waals surface area contributed by atoms with Crippen LogP contribution in [0.1, 0.15) is 22.3 Å². The second-order valence-electron chi connectivity index (χ2n) is 4.21. The van der Waals surface area contributed by atoms with Crippen LogP contribution in [0.15, 0.2) is 24.3 Å². The van der Waals surface area contributed by atoms with Crippen LogP contribution in [0.3, 0.4) is 0 Å². The Hall–Kier alpha value is -0.960. The number of benzene rings is 1. The van der Waals surface area contributed by atoms with Gasteiger partial charge in [0.2, 0.25) is 0 Å². The van der Waals surface area contributed by atoms with Gasteiger partial charge in [-0.2, -0.15) is 11.8 Å². The van der Waals surface area contributed by atoms with Gasteiger partial charge in [0, 0.05) is 30.2 Å². The first-order valence-electron chi connectivity index (χ1n) is 6.06. The van der Waals surface area contributed by atoms with Crippen molar-refractivity contribution in [3.05, 3.63) is 42.3 Å². The summed E-state index contributed by atoms with van der Waals surface area (Å²) in [6.07, 6.45) is 1.88. The van der Waals surface area contributed by atoms with Gasteiger partial charge in [-0.3, -0.25) is 4.79 Å². The maximum absolute atomic E-state index is 12.2. The third-order valence-electron chi connectivity index (χ3n) is 2.96. The summed E-state index contributed by atoms with van der Waals surface area (Å²) in [5.41, 5.74) is 2.07. The fourth-order valence-electron chi connectivity index (χ4n) is 1.97. The highest BCUT2D eigenvalue weighted by Crippen LogP contribution is 2.14. The summed E-state index contributed by atoms with van der Waals surface area (Å²) in [4.78, 5) is 14.1. The summed E-state index contributed by atoms with van der Waals surface area (Å²) in [6, 6.07) is 7.96. The zero-order valence-corrected chi connectivity index (χ0v) is 10.8. The molecule has 0 unspecified atom stereocenters. The summed E-state index contributed by atoms with van der Waals surface area (Å²) in [5.74, 6) is 2.29. The number of nitrogens with zero attached hydrogens (tertiary/aromatic N) is 1. The summed E-state index contributed by atoms with van der Waals surface area (Å²) < 4.78 is 0. The quantitative estimate of drug-likeness (QED) is 0.819. The van der Waals surface area contributed by atoms with Gasteiger partial charge in [-0.1, -0.05) is 19.1 Å². The van der Waals surface area contributed by atoms with Crippen molar-refractivity contribution in [2.24, 2.45) is 0 Å². The average molecular weight is 248 g/mol. The van der Waals surface area contributed by atoms with Gasteiger partial charge in [-0.25, -0.2) is 0 Å². The lowest BCUT2D eigenvalue weighted by Crippen LogP contribution is -2.37. The maximum Gasteiger partial charge on any atom is 0.253 e. The van der Waals surface area contributed by atoms with Gasteiger partial charge in [-0.15, -0.1) is 0 Å². The minimum atomic E-state index is 0.173. The number of aryl methyl sites for hydroxylation is 1. The van der Waals surface area contributed by atoms with E-state index >= 15 is 0 Å². The molecule has 1 aromatic carbocycles. The van der Waals surface area contributed by atoms with E-state index in [9.17, 15) is 4.79 Å². The molecule has 1 radical (unpaired) electrons. The normalized spacial score (nSPS) is 15.9. The fourth-order valence-corrected chi connectivity index (χ4v) is 2.87. The van der Waals surface area contributed by atoms with E-state index in [-0.39, 0.29) is 5.91 Å². The molecule has 0 N–H and O–H groups in total. The first kappa shape index (κ1) is 12.5. The van der Waals surface area contributed by atoms with Gasteiger partial charge in [0.1, 0.15) is 0 Å². The predicted octanol–water partition coefficient (Wildman–Crippen LogP) is 2.64. The third-order valence-corrected chi connectivity index (χ3v) is 3.91. The number of amides is 1. The third kappa shape index (κ3) is 3.25. The zero-order chi connectivity index (χ0) is 12.1. The zero-order valence-electron chi connectivity index (χ0n) is 10.0. The largest absolute Gasteiger partial charge is 0.337 e. The summed E-state index contributed by atoms with van der Waals surface area (Å²) in [7, 11) is 0. The standard InChI is InChI=1S/C14H18NOS/c1-2-3-12-4-6-13(7-5-12)14(16)15-8-10-17-11-9-15/h4-7H,1-3,8-11H2. The highest BCUT2D eigenvalue weighted by atomic mass is 32.2. The van der Waals surface area contributed by atoms with Crippen molar-refractivity contribution in [3.8, 4) is 0 Å². The van der Waals surface area contributed by atoms with Gasteiger partial charge < -0.3 is 4.90 Å². The second kappa shape index (κ2) is 6.10. The van der Waals surface area contributed by atoms with Crippen molar-refractivity contribution in [1.82, 2.24) is 4.90 Å². The summed E-state index contributed by atoms with van der Waals surface area (Å²) in [5, 5.41) is 0. The van der Waals surface area contributed by atoms with Crippen LogP contribution < -0.4 is 0 Å². The molecule has 0 saturated carbocycles. The average Bonchev–Trinajstić information content (AvgIpc) is 2.40. The van der Waals surface area contributed by atoms with Crippen molar-refractivity contribution >= 4 is 17.7 Å². The molecule has 0 bridgehead atoms. The van der Waals surface area contributed by atoms with Crippen LogP contribution >= 0.6 is 11.8 Å². The molecule has 1 aromatic rings. The van der Waals surface area contributed by atoms with E-state index in [4.69, 9.17) is 0 Å². The monoisotopic (exact) mass is 248 g/mol. The molecule has 3 heteroatoms. The minimum absolute atomic E-state index is 0.173. The number of hydrogen-bond acceptors (Lipinski definition) is 2. The van der Waals surface area contributed by atoms with Gasteiger partial charge in [0.05, 0.1) is 0 Å². The van der Waals surface area contributed by atoms with Crippen LogP contribution in [-0.4, -0.2) is 35.4 Å². The van der Waals surface area contributed by atoms with Crippen molar-refractivity contribution in [2.75, 3.05) is 24.6 Å². The molecule has 0 atom stereocenters. The molecule has 1 fully saturated rings. The van der Waals surface area contributed by atoms with Crippen LogP contribution in [-0.2, 0) is 6.42 Å². The van der Waals surface area contributed by atoms with E-state index in [0.717, 1.165) is 43.0 Å². The Morgan fingerprint density at radius 2 is 1.88 bits per heavy atom. The molecule has 1 amide bonds. The first-order chi connectivity index (χ1) is 8.31. The molecule has 2 rings (SSSR count). The van der Waals surface area contributed by atoms with Gasteiger partial charge in [-0.05, 0) is 30.5 Å². The first-order valence-corrected chi connectivity index (χ1v) is 7.22. The molecule has 1 aliphatic heterocycles. The van der Waals surface area contributed by atoms with Gasteiger partial charge in [0.15, 0.2) is 0 Å². The lowest BCUT2D eigenvalue weighted by Gasteiger charge is -2.26. The lowest BCUT2D eigenvalue weighted by atomic mass is 10.1. The van der Waals surface area contributed by atoms with Crippen molar-refractivity contribution in [3.63, 3.8) is 0 Å². The van der Waals surface area contributed by atoms with E-state index in [1.54, 1.807) is 0 Å². The molecule has 1 heterocycles. The van der Waals surface area contributed by atoms with Crippen LogP contribution in [0.25, 0.3) is 0 Å². The highest BCUT2D eigenvalue weighted by Gasteiger charge is 2.17. The fraction of sp³-hybridized carbons (Fsp3) is 0.429. The van der Waals surface area contributed by atoms with Crippen molar-refractivity contribution in [1.29, 1.82) is 0 Å². The molecule has 1 aliphatic rings. The van der Waals surface area contributed by atoms with E-state index in [1.165, 1.54) is 5.56 Å². The van der Waals surface area contributed by atoms with Crippen LogP contribution in [0, 0.1) is 6.92 Å². The molecule has 91 valence electrons. The Morgan fingerprint density at radius 1 is 1.24 bits per heavy atom. The van der Waals surface area contributed by atoms with Crippen LogP contribution in [0.4, 0.5) is 0 Å². The number of carbonyl (C=O) groups is 1. The predicted molar refractivity (Wildman–Crippen MR) is 73.3 cm³/mol. The Balaban J connectivity index is 2.03. The Bertz CT molecular complexity index is 368. The van der Waals surface area contributed by atoms with E-state index in [0.29, 0.717) is 0 Å². The van der Waals surface area contributed by atoms with Gasteiger partial charge >= 0.3 is 0 Å². The summed E-state index contributed by atoms with van der Waals surface area (Å²) in [6.45, 7) is 5.59. The molecule has 0 aromatic heterocycles. The van der Waals surface area contributed by atoms with E-state index in [1.807, 2.05) is 40.9 Å². The molecular weight excluding hydrogens is 230 g/mol. The summed E-state index contributed by atoms with van der Waals surface area (Å²) >= 11 is 1.92. The number of carbonyl (C=O) groups excluding carboxylic acids is 1. The van der Waals surface area contributed by atoms with Gasteiger partial charge in [0.25, 0.3) is 5.91 Å². The topological polar surface area (TPSA) is 20.3 Å². The van der Waals surface area contributed by atoms with Crippen molar-refractivity contribution < 1.29 is 4.79 Å². The van der Waals surface area contributed by atoms with Crippen LogP contribution in [0.5, 0.6) is 0 Å². The molecule has 1 saturated heterocycles. The molecule has 2 nitrogen and oxygen atoms in total. The Labute approximate surface area is 107 Å². The van der Waals surface area contributed by atoms with E-state index < -0.39 is 0 Å². The second-order valence-corrected chi connectivity index (χ2v) is 5.43.